The summed E-state index contributed by atoms with van der Waals surface area (Å²) in [4.78, 5) is 28.9. The van der Waals surface area contributed by atoms with Crippen molar-refractivity contribution in [3.05, 3.63) is 28.0 Å². The highest BCUT2D eigenvalue weighted by atomic mass is 35.5. The Morgan fingerprint density at radius 1 is 1.43 bits per heavy atom. The number of carbonyl (C=O) groups excluding carboxylic acids is 2. The number of aromatic nitrogens is 1. The van der Waals surface area contributed by atoms with Gasteiger partial charge in [0.15, 0.2) is 0 Å². The fraction of sp³-hybridized carbons (Fsp3) is 0.533. The zero-order chi connectivity index (χ0) is 16.4. The number of rotatable bonds is 3. The summed E-state index contributed by atoms with van der Waals surface area (Å²) in [7, 11) is 1.50. The van der Waals surface area contributed by atoms with Crippen molar-refractivity contribution in [1.82, 2.24) is 9.88 Å². The number of carbonyl (C=O) groups is 2. The summed E-state index contributed by atoms with van der Waals surface area (Å²) in [5.41, 5.74) is 1.44. The largest absolute Gasteiger partial charge is 0.444 e. The van der Waals surface area contributed by atoms with Crippen LogP contribution in [0.5, 0.6) is 0 Å². The minimum absolute atomic E-state index is 0.222. The van der Waals surface area contributed by atoms with Crippen LogP contribution in [0.15, 0.2) is 6.07 Å². The molecule has 0 bridgehead atoms. The lowest BCUT2D eigenvalue weighted by Gasteiger charge is -2.29. The van der Waals surface area contributed by atoms with Gasteiger partial charge in [0.05, 0.1) is 0 Å². The van der Waals surface area contributed by atoms with Crippen LogP contribution in [0.3, 0.4) is 0 Å². The molecule has 0 aliphatic carbocycles. The Hall–Kier alpha value is -1.62. The van der Waals surface area contributed by atoms with E-state index in [9.17, 15) is 9.59 Å². The molecule has 6 heteroatoms. The van der Waals surface area contributed by atoms with Gasteiger partial charge in [-0.1, -0.05) is 11.6 Å². The van der Waals surface area contributed by atoms with Gasteiger partial charge in [0.25, 0.3) is 0 Å². The number of aryl methyl sites for hydroxylation is 2. The lowest BCUT2D eigenvalue weighted by atomic mass is 10.0. The molecule has 1 heterocycles. The smallest absolute Gasteiger partial charge is 0.410 e. The van der Waals surface area contributed by atoms with Crippen molar-refractivity contribution in [3.8, 4) is 0 Å². The molecule has 1 aromatic rings. The predicted molar refractivity (Wildman–Crippen MR) is 81.5 cm³/mol. The molecule has 0 saturated heterocycles. The molecule has 1 amide bonds. The van der Waals surface area contributed by atoms with E-state index in [2.05, 4.69) is 4.98 Å². The maximum Gasteiger partial charge on any atom is 0.410 e. The molecule has 1 rings (SSSR count). The van der Waals surface area contributed by atoms with Gasteiger partial charge < -0.3 is 9.53 Å². The van der Waals surface area contributed by atoms with E-state index in [1.807, 2.05) is 19.9 Å². The molecular formula is C15H21ClN2O3. The Morgan fingerprint density at radius 3 is 2.43 bits per heavy atom. The summed E-state index contributed by atoms with van der Waals surface area (Å²) >= 11 is 6.14. The molecule has 5 nitrogen and oxygen atoms in total. The van der Waals surface area contributed by atoms with Crippen LogP contribution < -0.4 is 0 Å². The van der Waals surface area contributed by atoms with Gasteiger partial charge in [-0.15, -0.1) is 0 Å². The molecular weight excluding hydrogens is 292 g/mol. The molecule has 0 radical (unpaired) electrons. The Kier molecular flexibility index (Phi) is 5.34. The number of ether oxygens (including phenoxy) is 1. The first-order chi connectivity index (χ1) is 9.56. The molecule has 1 atom stereocenters. The third-order valence-electron chi connectivity index (χ3n) is 2.87. The van der Waals surface area contributed by atoms with Gasteiger partial charge in [0.1, 0.15) is 23.1 Å². The van der Waals surface area contributed by atoms with Crippen molar-refractivity contribution in [3.63, 3.8) is 0 Å². The molecule has 0 aliphatic heterocycles. The van der Waals surface area contributed by atoms with Crippen molar-refractivity contribution in [2.45, 2.75) is 46.3 Å². The minimum atomic E-state index is -0.833. The number of hydrogen-bond acceptors (Lipinski definition) is 4. The van der Waals surface area contributed by atoms with E-state index in [4.69, 9.17) is 16.3 Å². The number of pyridine rings is 1. The van der Waals surface area contributed by atoms with Crippen LogP contribution in [0.2, 0.25) is 5.15 Å². The highest BCUT2D eigenvalue weighted by Crippen LogP contribution is 2.29. The van der Waals surface area contributed by atoms with E-state index in [1.54, 1.807) is 20.8 Å². The first-order valence-electron chi connectivity index (χ1n) is 6.61. The van der Waals surface area contributed by atoms with Crippen LogP contribution in [0.1, 0.15) is 43.6 Å². The topological polar surface area (TPSA) is 59.5 Å². The van der Waals surface area contributed by atoms with E-state index in [0.717, 1.165) is 11.3 Å². The van der Waals surface area contributed by atoms with Crippen LogP contribution in [0.25, 0.3) is 0 Å². The van der Waals surface area contributed by atoms with E-state index in [1.165, 1.54) is 11.9 Å². The van der Waals surface area contributed by atoms with Gasteiger partial charge in [-0.05, 0) is 46.2 Å². The lowest BCUT2D eigenvalue weighted by Crippen LogP contribution is -2.37. The number of halogens is 1. The second-order valence-corrected chi connectivity index (χ2v) is 6.32. The normalized spacial score (nSPS) is 12.7. The molecule has 21 heavy (non-hydrogen) atoms. The maximum absolute atomic E-state index is 12.1. The van der Waals surface area contributed by atoms with Crippen molar-refractivity contribution < 1.29 is 14.3 Å². The fourth-order valence-corrected chi connectivity index (χ4v) is 2.35. The van der Waals surface area contributed by atoms with Crippen LogP contribution in [-0.4, -0.2) is 34.9 Å². The van der Waals surface area contributed by atoms with Gasteiger partial charge in [0, 0.05) is 18.3 Å². The average molecular weight is 313 g/mol. The Bertz CT molecular complexity index is 529. The summed E-state index contributed by atoms with van der Waals surface area (Å²) in [6, 6.07) is 0.987. The molecule has 0 saturated carbocycles. The van der Waals surface area contributed by atoms with Gasteiger partial charge >= 0.3 is 6.09 Å². The number of hydrogen-bond donors (Lipinski definition) is 0. The number of nitrogens with zero attached hydrogens (tertiary/aromatic N) is 2. The molecule has 1 unspecified atom stereocenters. The van der Waals surface area contributed by atoms with Gasteiger partial charge in [-0.25, -0.2) is 9.78 Å². The second kappa shape index (κ2) is 6.43. The minimum Gasteiger partial charge on any atom is -0.444 e. The average Bonchev–Trinajstić information content (AvgIpc) is 2.30. The van der Waals surface area contributed by atoms with Gasteiger partial charge in [-0.2, -0.15) is 0 Å². The lowest BCUT2D eigenvalue weighted by molar-refractivity contribution is -0.112. The quantitative estimate of drug-likeness (QED) is 0.633. The van der Waals surface area contributed by atoms with Gasteiger partial charge in [0.2, 0.25) is 0 Å². The third kappa shape index (κ3) is 4.43. The fourth-order valence-electron chi connectivity index (χ4n) is 1.96. The van der Waals surface area contributed by atoms with E-state index < -0.39 is 17.7 Å². The van der Waals surface area contributed by atoms with Crippen molar-refractivity contribution in [1.29, 1.82) is 0 Å². The summed E-state index contributed by atoms with van der Waals surface area (Å²) in [6.07, 6.45) is 0.0745. The highest BCUT2D eigenvalue weighted by Gasteiger charge is 2.29. The molecule has 116 valence electrons. The Labute approximate surface area is 130 Å². The molecule has 1 aromatic heterocycles. The highest BCUT2D eigenvalue weighted by molar-refractivity contribution is 6.30. The third-order valence-corrected chi connectivity index (χ3v) is 3.16. The zero-order valence-corrected chi connectivity index (χ0v) is 14.0. The SMILES string of the molecule is Cc1cc(C)c(C(C=O)N(C)C(=O)OC(C)(C)C)c(Cl)n1. The number of amides is 1. The van der Waals surface area contributed by atoms with Crippen LogP contribution in [0, 0.1) is 13.8 Å². The first-order valence-corrected chi connectivity index (χ1v) is 6.99. The summed E-state index contributed by atoms with van der Waals surface area (Å²) in [5.74, 6) is 0. The molecule has 0 aromatic carbocycles. The van der Waals surface area contributed by atoms with Crippen LogP contribution in [-0.2, 0) is 9.53 Å². The molecule has 0 fully saturated rings. The van der Waals surface area contributed by atoms with E-state index >= 15 is 0 Å². The molecule has 0 spiro atoms. The van der Waals surface area contributed by atoms with E-state index in [-0.39, 0.29) is 5.15 Å². The predicted octanol–water partition coefficient (Wildman–Crippen LogP) is 3.46. The summed E-state index contributed by atoms with van der Waals surface area (Å²) in [6.45, 7) is 8.94. The van der Waals surface area contributed by atoms with E-state index in [0.29, 0.717) is 11.8 Å². The Balaban J connectivity index is 3.14. The standard InChI is InChI=1S/C15H21ClN2O3/c1-9-7-10(2)17-13(16)12(9)11(8-19)18(6)14(20)21-15(3,4)5/h7-8,11H,1-6H3. The zero-order valence-electron chi connectivity index (χ0n) is 13.2. The van der Waals surface area contributed by atoms with Crippen molar-refractivity contribution in [2.75, 3.05) is 7.05 Å². The summed E-state index contributed by atoms with van der Waals surface area (Å²) < 4.78 is 5.27. The maximum atomic E-state index is 12.1. The van der Waals surface area contributed by atoms with Crippen molar-refractivity contribution in [2.24, 2.45) is 0 Å². The van der Waals surface area contributed by atoms with Crippen molar-refractivity contribution >= 4 is 24.0 Å². The Morgan fingerprint density at radius 2 is 2.00 bits per heavy atom. The number of likely N-dealkylation sites (N-methyl/N-ethyl adjacent to an activating group) is 1. The monoisotopic (exact) mass is 312 g/mol. The first kappa shape index (κ1) is 17.4. The summed E-state index contributed by atoms with van der Waals surface area (Å²) in [5, 5.41) is 0.222. The van der Waals surface area contributed by atoms with Crippen LogP contribution in [0.4, 0.5) is 4.79 Å². The van der Waals surface area contributed by atoms with Crippen LogP contribution >= 0.6 is 11.6 Å². The second-order valence-electron chi connectivity index (χ2n) is 5.96. The number of aldehydes is 1. The molecule has 0 N–H and O–H groups in total. The molecule has 0 aliphatic rings. The van der Waals surface area contributed by atoms with Gasteiger partial charge in [-0.3, -0.25) is 4.90 Å².